The fourth-order valence-electron chi connectivity index (χ4n) is 4.25. The zero-order valence-electron chi connectivity index (χ0n) is 18.7. The summed E-state index contributed by atoms with van der Waals surface area (Å²) in [6.45, 7) is 2.67. The van der Waals surface area contributed by atoms with E-state index in [1.807, 2.05) is 31.2 Å². The second-order valence-corrected chi connectivity index (χ2v) is 10.6. The smallest absolute Gasteiger partial charge is 0.276 e. The summed E-state index contributed by atoms with van der Waals surface area (Å²) < 4.78 is 12.8. The van der Waals surface area contributed by atoms with Crippen molar-refractivity contribution in [3.8, 4) is 11.5 Å². The van der Waals surface area contributed by atoms with Crippen LogP contribution in [0.4, 0.5) is 0 Å². The van der Waals surface area contributed by atoms with Crippen LogP contribution in [0, 0.1) is 3.57 Å². The van der Waals surface area contributed by atoms with Crippen LogP contribution in [0.2, 0.25) is 10.0 Å². The van der Waals surface area contributed by atoms with Crippen LogP contribution in [-0.4, -0.2) is 28.6 Å². The molecule has 0 spiro atoms. The van der Waals surface area contributed by atoms with Crippen LogP contribution in [0.1, 0.15) is 50.2 Å². The SMILES string of the molecule is CCOc1cc(/C=C2\NC(=S)N(C3CCCCC3)C2=O)cc(I)c1OCc1ccc(Cl)cc1Cl. The molecule has 180 valence electrons. The molecule has 1 aliphatic heterocycles. The van der Waals surface area contributed by atoms with Crippen molar-refractivity contribution < 1.29 is 14.3 Å². The first kappa shape index (κ1) is 25.5. The van der Waals surface area contributed by atoms with Crippen LogP contribution < -0.4 is 14.8 Å². The van der Waals surface area contributed by atoms with E-state index < -0.39 is 0 Å². The lowest BCUT2D eigenvalue weighted by Crippen LogP contribution is -2.41. The summed E-state index contributed by atoms with van der Waals surface area (Å²) in [7, 11) is 0. The highest BCUT2D eigenvalue weighted by molar-refractivity contribution is 14.1. The summed E-state index contributed by atoms with van der Waals surface area (Å²) >= 11 is 20.0. The van der Waals surface area contributed by atoms with Crippen molar-refractivity contribution in [3.05, 3.63) is 60.8 Å². The number of benzene rings is 2. The number of nitrogens with zero attached hydrogens (tertiary/aromatic N) is 1. The van der Waals surface area contributed by atoms with Gasteiger partial charge in [0, 0.05) is 21.7 Å². The maximum absolute atomic E-state index is 13.1. The average Bonchev–Trinajstić information content (AvgIpc) is 3.08. The van der Waals surface area contributed by atoms with Gasteiger partial charge in [-0.25, -0.2) is 0 Å². The van der Waals surface area contributed by atoms with E-state index in [2.05, 4.69) is 27.9 Å². The highest BCUT2D eigenvalue weighted by Crippen LogP contribution is 2.36. The van der Waals surface area contributed by atoms with Crippen molar-refractivity contribution in [1.82, 2.24) is 10.2 Å². The molecule has 1 heterocycles. The standard InChI is InChI=1S/C25H25Cl2IN2O3S/c1-2-32-22-12-15(10-20(28)23(22)33-14-16-8-9-17(26)13-19(16)27)11-21-24(31)30(25(34)29-21)18-6-4-3-5-7-18/h8-13,18H,2-7,14H2,1H3,(H,29,34)/b21-11-. The summed E-state index contributed by atoms with van der Waals surface area (Å²) in [5.74, 6) is 1.16. The van der Waals surface area contributed by atoms with Gasteiger partial charge in [0.2, 0.25) is 0 Å². The van der Waals surface area contributed by atoms with Crippen molar-refractivity contribution in [1.29, 1.82) is 0 Å². The van der Waals surface area contributed by atoms with Crippen molar-refractivity contribution in [2.24, 2.45) is 0 Å². The molecule has 2 aromatic rings. The Bertz CT molecular complexity index is 1140. The van der Waals surface area contributed by atoms with Gasteiger partial charge in [-0.3, -0.25) is 9.69 Å². The monoisotopic (exact) mass is 630 g/mol. The molecule has 2 fully saturated rings. The Morgan fingerprint density at radius 1 is 1.18 bits per heavy atom. The Labute approximate surface area is 228 Å². The average molecular weight is 631 g/mol. The van der Waals surface area contributed by atoms with Gasteiger partial charge in [0.15, 0.2) is 16.6 Å². The van der Waals surface area contributed by atoms with Gasteiger partial charge in [-0.05, 0) is 90.5 Å². The van der Waals surface area contributed by atoms with Crippen LogP contribution in [0.15, 0.2) is 36.0 Å². The first-order valence-electron chi connectivity index (χ1n) is 11.3. The number of amides is 1. The summed E-state index contributed by atoms with van der Waals surface area (Å²) in [5, 5.41) is 4.72. The zero-order valence-corrected chi connectivity index (χ0v) is 23.2. The topological polar surface area (TPSA) is 50.8 Å². The van der Waals surface area contributed by atoms with Gasteiger partial charge in [0.05, 0.1) is 10.2 Å². The van der Waals surface area contributed by atoms with E-state index >= 15 is 0 Å². The third-order valence-corrected chi connectivity index (χ3v) is 7.57. The van der Waals surface area contributed by atoms with Gasteiger partial charge in [-0.15, -0.1) is 0 Å². The van der Waals surface area contributed by atoms with E-state index in [1.165, 1.54) is 6.42 Å². The van der Waals surface area contributed by atoms with Crippen LogP contribution in [0.5, 0.6) is 11.5 Å². The molecule has 0 atom stereocenters. The van der Waals surface area contributed by atoms with Crippen molar-refractivity contribution in [2.45, 2.75) is 51.7 Å². The van der Waals surface area contributed by atoms with Crippen molar-refractivity contribution in [2.75, 3.05) is 6.61 Å². The molecule has 1 aliphatic carbocycles. The van der Waals surface area contributed by atoms with E-state index in [9.17, 15) is 4.79 Å². The second-order valence-electron chi connectivity index (χ2n) is 8.24. The molecule has 9 heteroatoms. The van der Waals surface area contributed by atoms with E-state index in [1.54, 1.807) is 17.0 Å². The highest BCUT2D eigenvalue weighted by Gasteiger charge is 2.36. The van der Waals surface area contributed by atoms with Crippen LogP contribution in [0.3, 0.4) is 0 Å². The molecule has 1 N–H and O–H groups in total. The number of carbonyl (C=O) groups excluding carboxylic acids is 1. The van der Waals surface area contributed by atoms with Crippen LogP contribution in [0.25, 0.3) is 6.08 Å². The van der Waals surface area contributed by atoms with E-state index in [0.717, 1.165) is 40.4 Å². The molecule has 2 aliphatic rings. The van der Waals surface area contributed by atoms with E-state index in [4.69, 9.17) is 44.9 Å². The Hall–Kier alpha value is -1.55. The maximum atomic E-state index is 13.1. The molecule has 0 bridgehead atoms. The molecular formula is C25H25Cl2IN2O3S. The predicted molar refractivity (Wildman–Crippen MR) is 149 cm³/mol. The molecule has 0 aromatic heterocycles. The number of hydrogen-bond acceptors (Lipinski definition) is 4. The summed E-state index contributed by atoms with van der Waals surface area (Å²) in [5.41, 5.74) is 2.14. The first-order valence-corrected chi connectivity index (χ1v) is 13.5. The Kier molecular flexibility index (Phi) is 8.61. The summed E-state index contributed by atoms with van der Waals surface area (Å²) in [6.07, 6.45) is 7.30. The molecular weight excluding hydrogens is 606 g/mol. The highest BCUT2D eigenvalue weighted by atomic mass is 127. The van der Waals surface area contributed by atoms with Gasteiger partial charge >= 0.3 is 0 Å². The third kappa shape index (κ3) is 5.80. The predicted octanol–water partition coefficient (Wildman–Crippen LogP) is 6.97. The lowest BCUT2D eigenvalue weighted by Gasteiger charge is -2.29. The molecule has 1 saturated heterocycles. The quantitative estimate of drug-likeness (QED) is 0.204. The van der Waals surface area contributed by atoms with Gasteiger partial charge in [0.25, 0.3) is 5.91 Å². The Balaban J connectivity index is 1.56. The lowest BCUT2D eigenvalue weighted by molar-refractivity contribution is -0.124. The normalized spacial score (nSPS) is 17.9. The largest absolute Gasteiger partial charge is 0.490 e. The minimum absolute atomic E-state index is 0.0671. The van der Waals surface area contributed by atoms with Crippen LogP contribution in [-0.2, 0) is 11.4 Å². The second kappa shape index (κ2) is 11.5. The maximum Gasteiger partial charge on any atom is 0.276 e. The van der Waals surface area contributed by atoms with Gasteiger partial charge in [0.1, 0.15) is 12.3 Å². The number of hydrogen-bond donors (Lipinski definition) is 1. The minimum atomic E-state index is -0.0671. The molecule has 1 saturated carbocycles. The Morgan fingerprint density at radius 3 is 2.65 bits per heavy atom. The number of nitrogens with one attached hydrogen (secondary N) is 1. The molecule has 2 aromatic carbocycles. The number of thiocarbonyl (C=S) groups is 1. The van der Waals surface area contributed by atoms with E-state index in [-0.39, 0.29) is 18.6 Å². The molecule has 1 amide bonds. The Morgan fingerprint density at radius 2 is 1.94 bits per heavy atom. The molecule has 0 unspecified atom stereocenters. The summed E-state index contributed by atoms with van der Waals surface area (Å²) in [4.78, 5) is 14.9. The van der Waals surface area contributed by atoms with Gasteiger partial charge in [-0.1, -0.05) is 48.5 Å². The number of ether oxygens (including phenoxy) is 2. The van der Waals surface area contributed by atoms with Crippen LogP contribution >= 0.6 is 58.0 Å². The fraction of sp³-hybridized carbons (Fsp3) is 0.360. The van der Waals surface area contributed by atoms with Crippen molar-refractivity contribution >= 4 is 75.1 Å². The number of carbonyl (C=O) groups is 1. The van der Waals surface area contributed by atoms with E-state index in [0.29, 0.717) is 39.0 Å². The third-order valence-electron chi connectivity index (χ3n) is 5.88. The van der Waals surface area contributed by atoms with Gasteiger partial charge in [-0.2, -0.15) is 0 Å². The number of rotatable bonds is 7. The molecule has 5 nitrogen and oxygen atoms in total. The fourth-order valence-corrected chi connectivity index (χ4v) is 5.84. The summed E-state index contributed by atoms with van der Waals surface area (Å²) in [6, 6.07) is 9.33. The molecule has 4 rings (SSSR count). The molecule has 0 radical (unpaired) electrons. The van der Waals surface area contributed by atoms with Gasteiger partial charge < -0.3 is 14.8 Å². The molecule has 34 heavy (non-hydrogen) atoms. The number of halogens is 3. The first-order chi connectivity index (χ1) is 16.4. The van der Waals surface area contributed by atoms with Crippen molar-refractivity contribution in [3.63, 3.8) is 0 Å². The minimum Gasteiger partial charge on any atom is -0.490 e. The zero-order chi connectivity index (χ0) is 24.2. The lowest BCUT2D eigenvalue weighted by atomic mass is 9.94.